The molecule has 2 aromatic rings. The minimum absolute atomic E-state index is 0.0122. The predicted octanol–water partition coefficient (Wildman–Crippen LogP) is 2.64. The van der Waals surface area contributed by atoms with E-state index in [9.17, 15) is 18.0 Å². The zero-order valence-electron chi connectivity index (χ0n) is 11.2. The normalized spacial score (nSPS) is 14.7. The first-order valence-corrected chi connectivity index (χ1v) is 6.41. The molecule has 0 saturated carbocycles. The number of carbonyl (C=O) groups excluding carboxylic acids is 1. The Labute approximate surface area is 123 Å². The Hall–Kier alpha value is -2.70. The van der Waals surface area contributed by atoms with Gasteiger partial charge in [0.05, 0.1) is 5.56 Å². The highest BCUT2D eigenvalue weighted by atomic mass is 19.4. The molecule has 22 heavy (non-hydrogen) atoms. The van der Waals surface area contributed by atoms with E-state index in [1.807, 2.05) is 0 Å². The van der Waals surface area contributed by atoms with Gasteiger partial charge >= 0.3 is 6.18 Å². The van der Waals surface area contributed by atoms with E-state index in [0.29, 0.717) is 17.0 Å². The molecule has 0 atom stereocenters. The van der Waals surface area contributed by atoms with E-state index in [1.54, 1.807) is 24.3 Å². The lowest BCUT2D eigenvalue weighted by Gasteiger charge is -2.13. The third-order valence-electron chi connectivity index (χ3n) is 3.21. The summed E-state index contributed by atoms with van der Waals surface area (Å²) in [5.41, 5.74) is 0.154. The topological polar surface area (TPSA) is 54.4 Å². The van der Waals surface area contributed by atoms with E-state index in [1.165, 1.54) is 6.20 Å². The number of aromatic nitrogens is 1. The Morgan fingerprint density at radius 2 is 1.91 bits per heavy atom. The number of hydrogen-bond donors (Lipinski definition) is 1. The quantitative estimate of drug-likeness (QED) is 0.927. The number of pyridine rings is 1. The molecular weight excluding hydrogens is 295 g/mol. The van der Waals surface area contributed by atoms with E-state index < -0.39 is 11.7 Å². The van der Waals surface area contributed by atoms with E-state index in [-0.39, 0.29) is 18.0 Å². The van der Waals surface area contributed by atoms with E-state index in [0.717, 1.165) is 12.3 Å². The van der Waals surface area contributed by atoms with Crippen LogP contribution in [0.15, 0.2) is 47.7 Å². The Bertz CT molecular complexity index is 769. The zero-order valence-corrected chi connectivity index (χ0v) is 11.2. The van der Waals surface area contributed by atoms with E-state index in [2.05, 4.69) is 15.3 Å². The second kappa shape index (κ2) is 5.25. The van der Waals surface area contributed by atoms with Crippen molar-refractivity contribution in [1.29, 1.82) is 0 Å². The van der Waals surface area contributed by atoms with Crippen LogP contribution in [0.2, 0.25) is 0 Å². The molecule has 1 N–H and O–H groups in total. The highest BCUT2D eigenvalue weighted by molar-refractivity contribution is 6.12. The summed E-state index contributed by atoms with van der Waals surface area (Å²) in [5.74, 6) is 0.127. The molecule has 1 aliphatic heterocycles. The van der Waals surface area contributed by atoms with Gasteiger partial charge < -0.3 is 5.32 Å². The smallest absolute Gasteiger partial charge is 0.309 e. The van der Waals surface area contributed by atoms with Crippen LogP contribution in [0.3, 0.4) is 0 Å². The van der Waals surface area contributed by atoms with Crippen molar-refractivity contribution in [2.24, 2.45) is 4.99 Å². The first kappa shape index (κ1) is 14.2. The molecule has 0 unspecified atom stereocenters. The number of nitrogens with one attached hydrogen (secondary N) is 1. The molecule has 1 aromatic carbocycles. The molecule has 2 heterocycles. The van der Waals surface area contributed by atoms with Gasteiger partial charge in [0.25, 0.3) is 0 Å². The second-order valence-corrected chi connectivity index (χ2v) is 4.71. The average Bonchev–Trinajstić information content (AvgIpc) is 2.93. The van der Waals surface area contributed by atoms with Crippen molar-refractivity contribution in [2.45, 2.75) is 6.18 Å². The molecule has 0 bridgehead atoms. The molecule has 0 aliphatic carbocycles. The number of hydrogen-bond acceptors (Lipinski definition) is 3. The molecule has 0 spiro atoms. The average molecular weight is 305 g/mol. The van der Waals surface area contributed by atoms with Crippen molar-refractivity contribution in [2.75, 3.05) is 6.54 Å². The van der Waals surface area contributed by atoms with Crippen LogP contribution in [-0.2, 0) is 11.0 Å². The molecule has 0 radical (unpaired) electrons. The van der Waals surface area contributed by atoms with Crippen LogP contribution >= 0.6 is 0 Å². The van der Waals surface area contributed by atoms with Crippen molar-refractivity contribution >= 4 is 11.7 Å². The molecule has 7 heteroatoms. The number of halogens is 3. The summed E-state index contributed by atoms with van der Waals surface area (Å²) < 4.78 is 39.2. The van der Waals surface area contributed by atoms with Gasteiger partial charge in [-0.3, -0.25) is 14.8 Å². The number of aliphatic imine (C=N–C) groups is 1. The van der Waals surface area contributed by atoms with Crippen molar-refractivity contribution in [3.63, 3.8) is 0 Å². The highest BCUT2D eigenvalue weighted by Crippen LogP contribution is 2.36. The van der Waals surface area contributed by atoms with Gasteiger partial charge in [0.2, 0.25) is 5.91 Å². The summed E-state index contributed by atoms with van der Waals surface area (Å²) in [6.07, 6.45) is -2.18. The van der Waals surface area contributed by atoms with E-state index >= 15 is 0 Å². The van der Waals surface area contributed by atoms with Gasteiger partial charge in [0, 0.05) is 23.5 Å². The standard InChI is InChI=1S/C15H10F3N3O/c16-15(17,18)12-4-5-19-7-11(12)9-2-1-3-10(6-9)14-20-8-13(22)21-14/h1-7H,8H2,(H,20,21,22). The number of amides is 1. The summed E-state index contributed by atoms with van der Waals surface area (Å²) >= 11 is 0. The number of alkyl halides is 3. The second-order valence-electron chi connectivity index (χ2n) is 4.71. The predicted molar refractivity (Wildman–Crippen MR) is 74.2 cm³/mol. The van der Waals surface area contributed by atoms with E-state index in [4.69, 9.17) is 0 Å². The van der Waals surface area contributed by atoms with Gasteiger partial charge in [-0.1, -0.05) is 18.2 Å². The summed E-state index contributed by atoms with van der Waals surface area (Å²) in [4.78, 5) is 19.0. The Morgan fingerprint density at radius 3 is 2.59 bits per heavy atom. The van der Waals surface area contributed by atoms with Gasteiger partial charge in [0.15, 0.2) is 0 Å². The first-order valence-electron chi connectivity index (χ1n) is 6.41. The van der Waals surface area contributed by atoms with Crippen molar-refractivity contribution in [3.05, 3.63) is 53.9 Å². The molecule has 0 saturated heterocycles. The monoisotopic (exact) mass is 305 g/mol. The molecular formula is C15H10F3N3O. The minimum atomic E-state index is -4.46. The minimum Gasteiger partial charge on any atom is -0.309 e. The molecule has 1 aromatic heterocycles. The van der Waals surface area contributed by atoms with Crippen LogP contribution in [-0.4, -0.2) is 23.3 Å². The fourth-order valence-corrected chi connectivity index (χ4v) is 2.23. The third-order valence-corrected chi connectivity index (χ3v) is 3.21. The lowest BCUT2D eigenvalue weighted by atomic mass is 9.99. The summed E-state index contributed by atoms with van der Waals surface area (Å²) in [7, 11) is 0. The summed E-state index contributed by atoms with van der Waals surface area (Å²) in [6.45, 7) is 0.0280. The summed E-state index contributed by atoms with van der Waals surface area (Å²) in [5, 5.41) is 2.57. The van der Waals surface area contributed by atoms with Crippen LogP contribution < -0.4 is 5.32 Å². The number of carbonyl (C=O) groups is 1. The lowest BCUT2D eigenvalue weighted by Crippen LogP contribution is -2.25. The van der Waals surface area contributed by atoms with Gasteiger partial charge in [-0.25, -0.2) is 0 Å². The molecule has 0 fully saturated rings. The first-order chi connectivity index (χ1) is 10.4. The largest absolute Gasteiger partial charge is 0.417 e. The van der Waals surface area contributed by atoms with Crippen LogP contribution in [0.5, 0.6) is 0 Å². The molecule has 3 rings (SSSR count). The van der Waals surface area contributed by atoms with Gasteiger partial charge in [0.1, 0.15) is 12.4 Å². The third kappa shape index (κ3) is 2.69. The van der Waals surface area contributed by atoms with Crippen LogP contribution in [0.1, 0.15) is 11.1 Å². The van der Waals surface area contributed by atoms with Crippen LogP contribution in [0, 0.1) is 0 Å². The highest BCUT2D eigenvalue weighted by Gasteiger charge is 2.33. The fraction of sp³-hybridized carbons (Fsp3) is 0.133. The maximum absolute atomic E-state index is 13.1. The SMILES string of the molecule is O=C1CN=C(c2cccc(-c3cnccc3C(F)(F)F)c2)N1. The number of rotatable bonds is 2. The van der Waals surface area contributed by atoms with Crippen molar-refractivity contribution < 1.29 is 18.0 Å². The number of amidine groups is 1. The van der Waals surface area contributed by atoms with Gasteiger partial charge in [-0.05, 0) is 17.7 Å². The number of nitrogens with zero attached hydrogens (tertiary/aromatic N) is 2. The summed E-state index contributed by atoms with van der Waals surface area (Å²) in [6, 6.07) is 7.35. The maximum Gasteiger partial charge on any atom is 0.417 e. The Balaban J connectivity index is 2.06. The zero-order chi connectivity index (χ0) is 15.7. The molecule has 1 amide bonds. The molecule has 4 nitrogen and oxygen atoms in total. The molecule has 112 valence electrons. The van der Waals surface area contributed by atoms with Crippen molar-refractivity contribution in [3.8, 4) is 11.1 Å². The Morgan fingerprint density at radius 1 is 1.14 bits per heavy atom. The Kier molecular flexibility index (Phi) is 3.40. The van der Waals surface area contributed by atoms with Crippen molar-refractivity contribution in [1.82, 2.24) is 10.3 Å². The fourth-order valence-electron chi connectivity index (χ4n) is 2.23. The van der Waals surface area contributed by atoms with Crippen LogP contribution in [0.25, 0.3) is 11.1 Å². The molecule has 1 aliphatic rings. The van der Waals surface area contributed by atoms with Crippen LogP contribution in [0.4, 0.5) is 13.2 Å². The lowest BCUT2D eigenvalue weighted by molar-refractivity contribution is -0.137. The van der Waals surface area contributed by atoms with Gasteiger partial charge in [-0.15, -0.1) is 0 Å². The number of benzene rings is 1. The van der Waals surface area contributed by atoms with Gasteiger partial charge in [-0.2, -0.15) is 13.2 Å². The maximum atomic E-state index is 13.1.